The summed E-state index contributed by atoms with van der Waals surface area (Å²) < 4.78 is 43.8. The lowest BCUT2D eigenvalue weighted by molar-refractivity contribution is 0.171. The van der Waals surface area contributed by atoms with Gasteiger partial charge in [0.1, 0.15) is 25.6 Å². The molecule has 3 rings (SSSR count). The Morgan fingerprint density at radius 1 is 1.12 bits per heavy atom. The first kappa shape index (κ1) is 16.2. The highest BCUT2D eigenvalue weighted by molar-refractivity contribution is 7.92. The molecular weight excluding hydrogens is 330 g/mol. The summed E-state index contributed by atoms with van der Waals surface area (Å²) in [7, 11) is -3.75. The van der Waals surface area contributed by atoms with E-state index in [2.05, 4.69) is 11.3 Å². The van der Waals surface area contributed by atoms with Crippen molar-refractivity contribution in [3.05, 3.63) is 55.1 Å². The van der Waals surface area contributed by atoms with Crippen LogP contribution in [-0.4, -0.2) is 28.2 Å². The highest BCUT2D eigenvalue weighted by Gasteiger charge is 2.19. The van der Waals surface area contributed by atoms with Crippen molar-refractivity contribution >= 4 is 15.7 Å². The Bertz CT molecular complexity index is 848. The van der Waals surface area contributed by atoms with Crippen LogP contribution in [0.5, 0.6) is 17.2 Å². The van der Waals surface area contributed by atoms with Gasteiger partial charge in [-0.2, -0.15) is 0 Å². The van der Waals surface area contributed by atoms with E-state index in [1.807, 2.05) is 0 Å². The second-order valence-corrected chi connectivity index (χ2v) is 6.72. The van der Waals surface area contributed by atoms with Crippen molar-refractivity contribution in [3.8, 4) is 17.2 Å². The molecule has 126 valence electrons. The second-order valence-electron chi connectivity index (χ2n) is 5.04. The van der Waals surface area contributed by atoms with Crippen LogP contribution in [0.2, 0.25) is 0 Å². The van der Waals surface area contributed by atoms with E-state index in [1.54, 1.807) is 36.4 Å². The molecule has 2 aromatic rings. The van der Waals surface area contributed by atoms with Crippen LogP contribution in [0, 0.1) is 0 Å². The quantitative estimate of drug-likeness (QED) is 0.814. The van der Waals surface area contributed by atoms with E-state index in [-0.39, 0.29) is 4.90 Å². The summed E-state index contributed by atoms with van der Waals surface area (Å²) in [6.45, 7) is 4.77. The van der Waals surface area contributed by atoms with E-state index in [1.165, 1.54) is 12.1 Å². The molecule has 6 nitrogen and oxygen atoms in total. The SMILES string of the molecule is C=CCOc1cccc(NS(=O)(=O)c2ccc3c(c2)OCCO3)c1. The third-order valence-corrected chi connectivity index (χ3v) is 4.66. The van der Waals surface area contributed by atoms with Gasteiger partial charge in [-0.3, -0.25) is 4.72 Å². The van der Waals surface area contributed by atoms with Crippen molar-refractivity contribution in [2.45, 2.75) is 4.90 Å². The Morgan fingerprint density at radius 2 is 1.92 bits per heavy atom. The molecule has 1 aliphatic heterocycles. The molecule has 2 aromatic carbocycles. The van der Waals surface area contributed by atoms with Crippen LogP contribution in [0.25, 0.3) is 0 Å². The number of sulfonamides is 1. The van der Waals surface area contributed by atoms with E-state index >= 15 is 0 Å². The van der Waals surface area contributed by atoms with Crippen molar-refractivity contribution in [2.24, 2.45) is 0 Å². The lowest BCUT2D eigenvalue weighted by atomic mass is 10.3. The van der Waals surface area contributed by atoms with E-state index in [0.29, 0.717) is 42.8 Å². The highest BCUT2D eigenvalue weighted by Crippen LogP contribution is 2.32. The van der Waals surface area contributed by atoms with Gasteiger partial charge in [0.2, 0.25) is 0 Å². The molecule has 1 aliphatic rings. The molecule has 0 aliphatic carbocycles. The Hall–Kier alpha value is -2.67. The molecule has 0 saturated heterocycles. The molecule has 0 radical (unpaired) electrons. The maximum atomic E-state index is 12.5. The summed E-state index contributed by atoms with van der Waals surface area (Å²) in [5.41, 5.74) is 0.409. The van der Waals surface area contributed by atoms with Crippen LogP contribution in [0.3, 0.4) is 0 Å². The first-order valence-corrected chi connectivity index (χ1v) is 8.83. The van der Waals surface area contributed by atoms with Crippen LogP contribution in [-0.2, 0) is 10.0 Å². The Labute approximate surface area is 140 Å². The lowest BCUT2D eigenvalue weighted by Crippen LogP contribution is -2.17. The van der Waals surface area contributed by atoms with Gasteiger partial charge in [-0.25, -0.2) is 8.42 Å². The van der Waals surface area contributed by atoms with Gasteiger partial charge in [0.05, 0.1) is 10.6 Å². The van der Waals surface area contributed by atoms with E-state index in [4.69, 9.17) is 14.2 Å². The van der Waals surface area contributed by atoms with Crippen molar-refractivity contribution in [3.63, 3.8) is 0 Å². The Kier molecular flexibility index (Phi) is 4.61. The summed E-state index contributed by atoms with van der Waals surface area (Å²) in [5, 5.41) is 0. The van der Waals surface area contributed by atoms with Gasteiger partial charge in [-0.05, 0) is 24.3 Å². The zero-order chi connectivity index (χ0) is 17.0. The van der Waals surface area contributed by atoms with Gasteiger partial charge in [-0.15, -0.1) is 0 Å². The number of hydrogen-bond donors (Lipinski definition) is 1. The van der Waals surface area contributed by atoms with Gasteiger partial charge in [0.25, 0.3) is 10.0 Å². The van der Waals surface area contributed by atoms with Crippen LogP contribution in [0.4, 0.5) is 5.69 Å². The summed E-state index contributed by atoms with van der Waals surface area (Å²) in [4.78, 5) is 0.101. The average molecular weight is 347 g/mol. The van der Waals surface area contributed by atoms with Crippen LogP contribution >= 0.6 is 0 Å². The molecule has 0 amide bonds. The Morgan fingerprint density at radius 3 is 2.71 bits per heavy atom. The van der Waals surface area contributed by atoms with Gasteiger partial charge >= 0.3 is 0 Å². The lowest BCUT2D eigenvalue weighted by Gasteiger charge is -2.19. The molecule has 0 bridgehead atoms. The summed E-state index contributed by atoms with van der Waals surface area (Å²) in [6.07, 6.45) is 1.62. The zero-order valence-corrected chi connectivity index (χ0v) is 13.7. The number of rotatable bonds is 6. The van der Waals surface area contributed by atoms with Crippen molar-refractivity contribution in [2.75, 3.05) is 24.5 Å². The fraction of sp³-hybridized carbons (Fsp3) is 0.176. The van der Waals surface area contributed by atoms with E-state index in [0.717, 1.165) is 0 Å². The minimum atomic E-state index is -3.75. The second kappa shape index (κ2) is 6.84. The van der Waals surface area contributed by atoms with E-state index < -0.39 is 10.0 Å². The van der Waals surface area contributed by atoms with Gasteiger partial charge < -0.3 is 14.2 Å². The normalized spacial score (nSPS) is 13.2. The highest BCUT2D eigenvalue weighted by atomic mass is 32.2. The standard InChI is InChI=1S/C17H17NO5S/c1-2-8-21-14-5-3-4-13(11-14)18-24(19,20)15-6-7-16-17(12-15)23-10-9-22-16/h2-7,11-12,18H,1,8-10H2. The van der Waals surface area contributed by atoms with E-state index in [9.17, 15) is 8.42 Å². The number of ether oxygens (including phenoxy) is 3. The molecule has 24 heavy (non-hydrogen) atoms. The maximum absolute atomic E-state index is 12.5. The first-order valence-electron chi connectivity index (χ1n) is 7.35. The van der Waals surface area contributed by atoms with Crippen LogP contribution in [0.1, 0.15) is 0 Å². The van der Waals surface area contributed by atoms with Crippen molar-refractivity contribution < 1.29 is 22.6 Å². The smallest absolute Gasteiger partial charge is 0.262 e. The third kappa shape index (κ3) is 3.62. The minimum Gasteiger partial charge on any atom is -0.489 e. The van der Waals surface area contributed by atoms with Gasteiger partial charge in [-0.1, -0.05) is 18.7 Å². The van der Waals surface area contributed by atoms with Crippen molar-refractivity contribution in [1.29, 1.82) is 0 Å². The predicted molar refractivity (Wildman–Crippen MR) is 90.4 cm³/mol. The molecule has 0 unspecified atom stereocenters. The minimum absolute atomic E-state index is 0.101. The summed E-state index contributed by atoms with van der Waals surface area (Å²) in [6, 6.07) is 11.2. The molecule has 0 fully saturated rings. The maximum Gasteiger partial charge on any atom is 0.262 e. The average Bonchev–Trinajstić information content (AvgIpc) is 2.59. The van der Waals surface area contributed by atoms with Gasteiger partial charge in [0.15, 0.2) is 11.5 Å². The largest absolute Gasteiger partial charge is 0.489 e. The molecule has 1 N–H and O–H groups in total. The van der Waals surface area contributed by atoms with Crippen molar-refractivity contribution in [1.82, 2.24) is 0 Å². The first-order chi connectivity index (χ1) is 11.6. The fourth-order valence-corrected chi connectivity index (χ4v) is 3.27. The van der Waals surface area contributed by atoms with Gasteiger partial charge in [0, 0.05) is 12.1 Å². The number of benzene rings is 2. The molecule has 0 aromatic heterocycles. The molecule has 1 heterocycles. The molecule has 0 atom stereocenters. The molecular formula is C17H17NO5S. The molecule has 0 spiro atoms. The van der Waals surface area contributed by atoms with Crippen LogP contribution in [0.15, 0.2) is 60.0 Å². The topological polar surface area (TPSA) is 73.9 Å². The van der Waals surface area contributed by atoms with Crippen LogP contribution < -0.4 is 18.9 Å². The monoisotopic (exact) mass is 347 g/mol. The number of hydrogen-bond acceptors (Lipinski definition) is 5. The zero-order valence-electron chi connectivity index (χ0n) is 12.9. The molecule has 7 heteroatoms. The molecule has 0 saturated carbocycles. The summed E-state index contributed by atoms with van der Waals surface area (Å²) in [5.74, 6) is 1.52. The third-order valence-electron chi connectivity index (χ3n) is 3.28. The number of nitrogens with one attached hydrogen (secondary N) is 1. The fourth-order valence-electron chi connectivity index (χ4n) is 2.21. The number of fused-ring (bicyclic) bond motifs is 1. The number of anilines is 1. The summed E-state index contributed by atoms with van der Waals surface area (Å²) >= 11 is 0. The Balaban J connectivity index is 1.82. The predicted octanol–water partition coefficient (Wildman–Crippen LogP) is 2.82.